The van der Waals surface area contributed by atoms with Gasteiger partial charge in [0.25, 0.3) is 0 Å². The van der Waals surface area contributed by atoms with Gasteiger partial charge in [-0.05, 0) is 18.2 Å². The van der Waals surface area contributed by atoms with E-state index in [1.807, 2.05) is 0 Å². The Kier molecular flexibility index (Phi) is 3.61. The second-order valence-corrected chi connectivity index (χ2v) is 4.01. The third-order valence-electron chi connectivity index (χ3n) is 2.01. The van der Waals surface area contributed by atoms with Crippen LogP contribution in [0.3, 0.4) is 0 Å². The minimum atomic E-state index is 0.325. The van der Waals surface area contributed by atoms with Crippen LogP contribution < -0.4 is 4.74 Å². The van der Waals surface area contributed by atoms with Crippen molar-refractivity contribution in [3.63, 3.8) is 0 Å². The second-order valence-electron chi connectivity index (χ2n) is 3.23. The monoisotopic (exact) mass is 267 g/mol. The molecule has 1 heterocycles. The van der Waals surface area contributed by atoms with E-state index < -0.39 is 0 Å². The van der Waals surface area contributed by atoms with E-state index in [2.05, 4.69) is 4.98 Å². The Hall–Kier alpha value is -1.58. The second kappa shape index (κ2) is 5.17. The van der Waals surface area contributed by atoms with Crippen molar-refractivity contribution < 1.29 is 9.53 Å². The number of aldehydes is 1. The first-order valence-corrected chi connectivity index (χ1v) is 5.48. The molecule has 0 unspecified atom stereocenters. The van der Waals surface area contributed by atoms with Gasteiger partial charge in [0.15, 0.2) is 6.29 Å². The number of rotatable bonds is 3. The Morgan fingerprint density at radius 3 is 2.82 bits per heavy atom. The minimum Gasteiger partial charge on any atom is -0.454 e. The Bertz CT molecular complexity index is 558. The maximum absolute atomic E-state index is 10.6. The van der Waals surface area contributed by atoms with E-state index >= 15 is 0 Å². The molecule has 3 nitrogen and oxygen atoms in total. The highest BCUT2D eigenvalue weighted by molar-refractivity contribution is 6.42. The van der Waals surface area contributed by atoms with Crippen molar-refractivity contribution in [2.75, 3.05) is 0 Å². The van der Waals surface area contributed by atoms with Crippen LogP contribution in [0.25, 0.3) is 0 Å². The first kappa shape index (κ1) is 11.9. The van der Waals surface area contributed by atoms with E-state index in [4.69, 9.17) is 27.9 Å². The van der Waals surface area contributed by atoms with E-state index in [1.54, 1.807) is 24.3 Å². The topological polar surface area (TPSA) is 39.2 Å². The normalized spacial score (nSPS) is 10.0. The Morgan fingerprint density at radius 2 is 2.06 bits per heavy atom. The largest absolute Gasteiger partial charge is 0.454 e. The van der Waals surface area contributed by atoms with Crippen LogP contribution in [0.1, 0.15) is 10.4 Å². The Morgan fingerprint density at radius 1 is 1.24 bits per heavy atom. The summed E-state index contributed by atoms with van der Waals surface area (Å²) in [6.07, 6.45) is 3.63. The average molecular weight is 268 g/mol. The lowest BCUT2D eigenvalue weighted by atomic mass is 10.3. The van der Waals surface area contributed by atoms with Gasteiger partial charge >= 0.3 is 0 Å². The predicted molar refractivity (Wildman–Crippen MR) is 66.2 cm³/mol. The SMILES string of the molecule is O=Cc1cncc(Oc2cccc(Cl)c2Cl)c1. The number of carbonyl (C=O) groups is 1. The molecule has 5 heteroatoms. The number of nitrogens with zero attached hydrogens (tertiary/aromatic N) is 1. The van der Waals surface area contributed by atoms with E-state index in [1.165, 1.54) is 12.4 Å². The van der Waals surface area contributed by atoms with Crippen molar-refractivity contribution in [2.45, 2.75) is 0 Å². The van der Waals surface area contributed by atoms with Crippen LogP contribution in [0.2, 0.25) is 10.0 Å². The summed E-state index contributed by atoms with van der Waals surface area (Å²) in [5.41, 5.74) is 0.431. The minimum absolute atomic E-state index is 0.325. The van der Waals surface area contributed by atoms with Gasteiger partial charge in [0.2, 0.25) is 0 Å². The van der Waals surface area contributed by atoms with Crippen molar-refractivity contribution in [2.24, 2.45) is 0 Å². The summed E-state index contributed by atoms with van der Waals surface area (Å²) in [7, 11) is 0. The molecule has 2 aromatic rings. The first-order chi connectivity index (χ1) is 8.20. The molecule has 0 spiro atoms. The molecule has 2 rings (SSSR count). The summed E-state index contributed by atoms with van der Waals surface area (Å²) in [6.45, 7) is 0. The highest BCUT2D eigenvalue weighted by atomic mass is 35.5. The smallest absolute Gasteiger partial charge is 0.151 e. The summed E-state index contributed by atoms with van der Waals surface area (Å²) in [4.78, 5) is 14.5. The van der Waals surface area contributed by atoms with Gasteiger partial charge in [-0.2, -0.15) is 0 Å². The van der Waals surface area contributed by atoms with Gasteiger partial charge in [0.1, 0.15) is 16.5 Å². The summed E-state index contributed by atoms with van der Waals surface area (Å²) in [6, 6.07) is 6.64. The van der Waals surface area contributed by atoms with Crippen molar-refractivity contribution in [1.82, 2.24) is 4.98 Å². The zero-order valence-electron chi connectivity index (χ0n) is 8.56. The summed E-state index contributed by atoms with van der Waals surface area (Å²) >= 11 is 11.8. The first-order valence-electron chi connectivity index (χ1n) is 4.73. The maximum atomic E-state index is 10.6. The number of pyridine rings is 1. The van der Waals surface area contributed by atoms with Crippen LogP contribution in [0.15, 0.2) is 36.7 Å². The van der Waals surface area contributed by atoms with Crippen LogP contribution in [0.5, 0.6) is 11.5 Å². The molecule has 0 aliphatic heterocycles. The van der Waals surface area contributed by atoms with Crippen LogP contribution in [0.4, 0.5) is 0 Å². The van der Waals surface area contributed by atoms with Crippen LogP contribution in [0, 0.1) is 0 Å². The fourth-order valence-corrected chi connectivity index (χ4v) is 1.58. The summed E-state index contributed by atoms with van der Waals surface area (Å²) in [5.74, 6) is 0.850. The molecule has 0 radical (unpaired) electrons. The van der Waals surface area contributed by atoms with Crippen LogP contribution >= 0.6 is 23.2 Å². The van der Waals surface area contributed by atoms with Crippen molar-refractivity contribution in [1.29, 1.82) is 0 Å². The molecular formula is C12H7Cl2NO2. The van der Waals surface area contributed by atoms with E-state index in [-0.39, 0.29) is 0 Å². The number of hydrogen-bond donors (Lipinski definition) is 0. The third-order valence-corrected chi connectivity index (χ3v) is 2.82. The predicted octanol–water partition coefficient (Wildman–Crippen LogP) is 3.99. The van der Waals surface area contributed by atoms with Crippen LogP contribution in [-0.4, -0.2) is 11.3 Å². The third kappa shape index (κ3) is 2.75. The molecule has 0 aliphatic carbocycles. The molecular weight excluding hydrogens is 261 g/mol. The number of benzene rings is 1. The lowest BCUT2D eigenvalue weighted by molar-refractivity contribution is 0.112. The lowest BCUT2D eigenvalue weighted by Gasteiger charge is -2.07. The van der Waals surface area contributed by atoms with Gasteiger partial charge in [0.05, 0.1) is 11.2 Å². The fourth-order valence-electron chi connectivity index (χ4n) is 1.25. The lowest BCUT2D eigenvalue weighted by Crippen LogP contribution is -1.89. The van der Waals surface area contributed by atoms with Gasteiger partial charge in [-0.25, -0.2) is 0 Å². The van der Waals surface area contributed by atoms with E-state index in [0.29, 0.717) is 33.4 Å². The molecule has 0 bridgehead atoms. The molecule has 0 amide bonds. The van der Waals surface area contributed by atoms with Crippen LogP contribution in [-0.2, 0) is 0 Å². The van der Waals surface area contributed by atoms with Crippen molar-refractivity contribution in [3.05, 3.63) is 52.3 Å². The molecule has 86 valence electrons. The standard InChI is InChI=1S/C12H7Cl2NO2/c13-10-2-1-3-11(12(10)14)17-9-4-8(7-16)5-15-6-9/h1-7H. The molecule has 1 aromatic carbocycles. The molecule has 0 aliphatic rings. The molecule has 17 heavy (non-hydrogen) atoms. The van der Waals surface area contributed by atoms with Gasteiger partial charge < -0.3 is 4.74 Å². The highest BCUT2D eigenvalue weighted by Gasteiger charge is 2.07. The molecule has 0 fully saturated rings. The quantitative estimate of drug-likeness (QED) is 0.790. The van der Waals surface area contributed by atoms with E-state index in [0.717, 1.165) is 0 Å². The number of aromatic nitrogens is 1. The Labute approximate surface area is 108 Å². The summed E-state index contributed by atoms with van der Waals surface area (Å²) < 4.78 is 5.49. The zero-order chi connectivity index (χ0) is 12.3. The van der Waals surface area contributed by atoms with Gasteiger partial charge in [-0.15, -0.1) is 0 Å². The fraction of sp³-hybridized carbons (Fsp3) is 0. The van der Waals surface area contributed by atoms with Gasteiger partial charge in [0, 0.05) is 11.8 Å². The maximum Gasteiger partial charge on any atom is 0.151 e. The van der Waals surface area contributed by atoms with Crippen molar-refractivity contribution >= 4 is 29.5 Å². The number of halogens is 2. The molecule has 1 aromatic heterocycles. The Balaban J connectivity index is 2.31. The number of hydrogen-bond acceptors (Lipinski definition) is 3. The average Bonchev–Trinajstić information content (AvgIpc) is 2.35. The highest BCUT2D eigenvalue weighted by Crippen LogP contribution is 2.34. The molecule has 0 atom stereocenters. The zero-order valence-corrected chi connectivity index (χ0v) is 10.1. The van der Waals surface area contributed by atoms with E-state index in [9.17, 15) is 4.79 Å². The van der Waals surface area contributed by atoms with Gasteiger partial charge in [-0.3, -0.25) is 9.78 Å². The molecule has 0 saturated carbocycles. The molecule has 0 saturated heterocycles. The number of ether oxygens (including phenoxy) is 1. The van der Waals surface area contributed by atoms with Gasteiger partial charge in [-0.1, -0.05) is 29.3 Å². The number of carbonyl (C=O) groups excluding carboxylic acids is 1. The molecule has 0 N–H and O–H groups in total. The summed E-state index contributed by atoms with van der Waals surface area (Å²) in [5, 5.41) is 0.731. The van der Waals surface area contributed by atoms with Crippen molar-refractivity contribution in [3.8, 4) is 11.5 Å².